The quantitative estimate of drug-likeness (QED) is 0.807. The predicted octanol–water partition coefficient (Wildman–Crippen LogP) is 1.03. The number of rotatable bonds is 5. The average molecular weight is 269 g/mol. The monoisotopic (exact) mass is 269 g/mol. The molecule has 2 saturated heterocycles. The Labute approximate surface area is 118 Å². The Kier molecular flexibility index (Phi) is 6.57. The zero-order valence-electron chi connectivity index (χ0n) is 12.7. The van der Waals surface area contributed by atoms with Gasteiger partial charge in [-0.2, -0.15) is 0 Å². The Morgan fingerprint density at radius 3 is 2.58 bits per heavy atom. The van der Waals surface area contributed by atoms with E-state index in [0.29, 0.717) is 6.04 Å². The maximum Gasteiger partial charge on any atom is 0.0594 e. The highest BCUT2D eigenvalue weighted by Crippen LogP contribution is 2.10. The van der Waals surface area contributed by atoms with Crippen LogP contribution in [0.1, 0.15) is 26.7 Å². The highest BCUT2D eigenvalue weighted by Gasteiger charge is 2.19. The van der Waals surface area contributed by atoms with Crippen LogP contribution in [-0.2, 0) is 4.74 Å². The molecule has 1 unspecified atom stereocenters. The van der Waals surface area contributed by atoms with Crippen LogP contribution >= 0.6 is 0 Å². The van der Waals surface area contributed by atoms with Crippen LogP contribution in [0.15, 0.2) is 0 Å². The van der Waals surface area contributed by atoms with Crippen LogP contribution in [-0.4, -0.2) is 74.9 Å². The van der Waals surface area contributed by atoms with Crippen molar-refractivity contribution in [3.8, 4) is 0 Å². The largest absolute Gasteiger partial charge is 0.379 e. The summed E-state index contributed by atoms with van der Waals surface area (Å²) in [4.78, 5) is 5.20. The second kappa shape index (κ2) is 8.20. The maximum atomic E-state index is 5.41. The number of hydrogen-bond donors (Lipinski definition) is 1. The van der Waals surface area contributed by atoms with Gasteiger partial charge in [-0.25, -0.2) is 0 Å². The lowest BCUT2D eigenvalue weighted by atomic mass is 10.0. The lowest BCUT2D eigenvalue weighted by Gasteiger charge is -2.30. The molecule has 1 atom stereocenters. The van der Waals surface area contributed by atoms with Crippen LogP contribution in [0.5, 0.6) is 0 Å². The van der Waals surface area contributed by atoms with Gasteiger partial charge in [-0.3, -0.25) is 4.90 Å². The third-order valence-electron chi connectivity index (χ3n) is 4.15. The van der Waals surface area contributed by atoms with Crippen LogP contribution in [0.25, 0.3) is 0 Å². The van der Waals surface area contributed by atoms with E-state index < -0.39 is 0 Å². The van der Waals surface area contributed by atoms with Crippen LogP contribution in [0.4, 0.5) is 0 Å². The molecule has 2 aliphatic rings. The third kappa shape index (κ3) is 5.78. The Bertz CT molecular complexity index is 242. The topological polar surface area (TPSA) is 27.7 Å². The number of hydrogen-bond acceptors (Lipinski definition) is 4. The van der Waals surface area contributed by atoms with Gasteiger partial charge in [0.05, 0.1) is 13.2 Å². The number of morpholine rings is 1. The second-order valence-corrected chi connectivity index (χ2v) is 6.39. The first-order valence-electron chi connectivity index (χ1n) is 8.00. The van der Waals surface area contributed by atoms with E-state index in [4.69, 9.17) is 4.74 Å². The number of ether oxygens (including phenoxy) is 1. The molecule has 19 heavy (non-hydrogen) atoms. The van der Waals surface area contributed by atoms with Crippen molar-refractivity contribution < 1.29 is 4.74 Å². The summed E-state index contributed by atoms with van der Waals surface area (Å²) in [6.45, 7) is 14.8. The van der Waals surface area contributed by atoms with E-state index in [-0.39, 0.29) is 0 Å². The summed E-state index contributed by atoms with van der Waals surface area (Å²) in [6.07, 6.45) is 2.59. The summed E-state index contributed by atoms with van der Waals surface area (Å²) in [5.41, 5.74) is 0. The minimum atomic E-state index is 0.687. The van der Waals surface area contributed by atoms with Gasteiger partial charge in [0.2, 0.25) is 0 Å². The van der Waals surface area contributed by atoms with Crippen LogP contribution in [0.3, 0.4) is 0 Å². The van der Waals surface area contributed by atoms with Crippen molar-refractivity contribution >= 4 is 0 Å². The lowest BCUT2D eigenvalue weighted by Crippen LogP contribution is -2.44. The summed E-state index contributed by atoms with van der Waals surface area (Å²) in [6, 6.07) is 0.687. The SMILES string of the molecule is CC(C)CC1CN(CCN2CCOCC2)CCCN1. The molecule has 4 heteroatoms. The fraction of sp³-hybridized carbons (Fsp3) is 1.00. The first-order valence-corrected chi connectivity index (χ1v) is 8.00. The van der Waals surface area contributed by atoms with Gasteiger partial charge in [0.1, 0.15) is 0 Å². The van der Waals surface area contributed by atoms with E-state index in [2.05, 4.69) is 29.0 Å². The smallest absolute Gasteiger partial charge is 0.0594 e. The highest BCUT2D eigenvalue weighted by atomic mass is 16.5. The average Bonchev–Trinajstić information content (AvgIpc) is 2.62. The van der Waals surface area contributed by atoms with Crippen molar-refractivity contribution in [1.82, 2.24) is 15.1 Å². The van der Waals surface area contributed by atoms with E-state index in [0.717, 1.165) is 32.2 Å². The van der Waals surface area contributed by atoms with Crippen molar-refractivity contribution in [2.45, 2.75) is 32.7 Å². The molecular formula is C15H31N3O. The van der Waals surface area contributed by atoms with Crippen molar-refractivity contribution in [2.75, 3.05) is 59.0 Å². The minimum Gasteiger partial charge on any atom is -0.379 e. The summed E-state index contributed by atoms with van der Waals surface area (Å²) in [7, 11) is 0. The second-order valence-electron chi connectivity index (χ2n) is 6.39. The van der Waals surface area contributed by atoms with E-state index in [1.165, 1.54) is 45.6 Å². The van der Waals surface area contributed by atoms with Crippen molar-refractivity contribution in [3.63, 3.8) is 0 Å². The summed E-state index contributed by atoms with van der Waals surface area (Å²) >= 11 is 0. The molecule has 0 saturated carbocycles. The fourth-order valence-electron chi connectivity index (χ4n) is 3.11. The van der Waals surface area contributed by atoms with Gasteiger partial charge in [-0.05, 0) is 31.8 Å². The number of nitrogens with zero attached hydrogens (tertiary/aromatic N) is 2. The number of nitrogens with one attached hydrogen (secondary N) is 1. The van der Waals surface area contributed by atoms with Gasteiger partial charge in [0, 0.05) is 38.8 Å². The third-order valence-corrected chi connectivity index (χ3v) is 4.15. The molecule has 2 fully saturated rings. The fourth-order valence-corrected chi connectivity index (χ4v) is 3.11. The highest BCUT2D eigenvalue weighted by molar-refractivity contribution is 4.78. The Morgan fingerprint density at radius 1 is 1.11 bits per heavy atom. The molecular weight excluding hydrogens is 238 g/mol. The molecule has 0 amide bonds. The molecule has 2 heterocycles. The molecule has 0 aromatic rings. The van der Waals surface area contributed by atoms with Gasteiger partial charge in [-0.15, -0.1) is 0 Å². The minimum absolute atomic E-state index is 0.687. The van der Waals surface area contributed by atoms with E-state index in [1.807, 2.05) is 0 Å². The Hall–Kier alpha value is -0.160. The standard InChI is InChI=1S/C15H31N3O/c1-14(2)12-15-13-18(5-3-4-16-15)7-6-17-8-10-19-11-9-17/h14-16H,3-13H2,1-2H3. The van der Waals surface area contributed by atoms with Gasteiger partial charge in [0.15, 0.2) is 0 Å². The van der Waals surface area contributed by atoms with Crippen LogP contribution in [0.2, 0.25) is 0 Å². The van der Waals surface area contributed by atoms with E-state index in [1.54, 1.807) is 0 Å². The lowest BCUT2D eigenvalue weighted by molar-refractivity contribution is 0.0332. The van der Waals surface area contributed by atoms with Crippen molar-refractivity contribution in [3.05, 3.63) is 0 Å². The zero-order valence-corrected chi connectivity index (χ0v) is 12.7. The predicted molar refractivity (Wildman–Crippen MR) is 79.6 cm³/mol. The zero-order chi connectivity index (χ0) is 13.5. The molecule has 0 bridgehead atoms. The molecule has 0 spiro atoms. The molecule has 0 aromatic heterocycles. The molecule has 2 rings (SSSR count). The summed E-state index contributed by atoms with van der Waals surface area (Å²) < 4.78 is 5.41. The molecule has 0 aromatic carbocycles. The summed E-state index contributed by atoms with van der Waals surface area (Å²) in [5, 5.41) is 3.71. The molecule has 0 radical (unpaired) electrons. The van der Waals surface area contributed by atoms with Gasteiger partial charge in [-0.1, -0.05) is 13.8 Å². The van der Waals surface area contributed by atoms with Crippen LogP contribution in [0, 0.1) is 5.92 Å². The van der Waals surface area contributed by atoms with Crippen LogP contribution < -0.4 is 5.32 Å². The molecule has 4 nitrogen and oxygen atoms in total. The first-order chi connectivity index (χ1) is 9.24. The molecule has 1 N–H and O–H groups in total. The maximum absolute atomic E-state index is 5.41. The first kappa shape index (κ1) is 15.2. The van der Waals surface area contributed by atoms with Gasteiger partial charge in [0.25, 0.3) is 0 Å². The van der Waals surface area contributed by atoms with E-state index >= 15 is 0 Å². The normalized spacial score (nSPS) is 27.6. The van der Waals surface area contributed by atoms with Crippen molar-refractivity contribution in [2.24, 2.45) is 5.92 Å². The molecule has 112 valence electrons. The summed E-state index contributed by atoms with van der Waals surface area (Å²) in [5.74, 6) is 0.789. The van der Waals surface area contributed by atoms with Crippen molar-refractivity contribution in [1.29, 1.82) is 0 Å². The van der Waals surface area contributed by atoms with Gasteiger partial charge < -0.3 is 15.0 Å². The van der Waals surface area contributed by atoms with E-state index in [9.17, 15) is 0 Å². The molecule has 0 aliphatic carbocycles. The Balaban J connectivity index is 1.71. The molecule has 2 aliphatic heterocycles. The Morgan fingerprint density at radius 2 is 1.84 bits per heavy atom. The van der Waals surface area contributed by atoms with Gasteiger partial charge >= 0.3 is 0 Å².